The molecular formula is C25H22ClN5O. The van der Waals surface area contributed by atoms with E-state index in [1.165, 1.54) is 0 Å². The van der Waals surface area contributed by atoms with E-state index in [1.807, 2.05) is 77.8 Å². The van der Waals surface area contributed by atoms with Gasteiger partial charge in [-0.1, -0.05) is 41.9 Å². The van der Waals surface area contributed by atoms with Gasteiger partial charge in [0, 0.05) is 50.3 Å². The molecule has 6 nitrogen and oxygen atoms in total. The smallest absolute Gasteiger partial charge is 0.257 e. The highest BCUT2D eigenvalue weighted by Gasteiger charge is 2.27. The van der Waals surface area contributed by atoms with Gasteiger partial charge >= 0.3 is 0 Å². The van der Waals surface area contributed by atoms with Gasteiger partial charge in [-0.05, 0) is 36.4 Å². The summed E-state index contributed by atoms with van der Waals surface area (Å²) in [6, 6.07) is 21.4. The van der Waals surface area contributed by atoms with Gasteiger partial charge in [0.2, 0.25) is 0 Å². The van der Waals surface area contributed by atoms with Gasteiger partial charge in [-0.2, -0.15) is 5.10 Å². The molecule has 0 saturated carbocycles. The maximum atomic E-state index is 13.6. The molecule has 0 radical (unpaired) electrons. The molecule has 0 bridgehead atoms. The van der Waals surface area contributed by atoms with E-state index in [-0.39, 0.29) is 5.91 Å². The molecule has 1 aliphatic heterocycles. The van der Waals surface area contributed by atoms with Crippen LogP contribution in [0.5, 0.6) is 0 Å². The number of hydrogen-bond acceptors (Lipinski definition) is 4. The number of piperazine rings is 1. The zero-order valence-electron chi connectivity index (χ0n) is 17.4. The number of amides is 1. The molecule has 160 valence electrons. The second-order valence-electron chi connectivity index (χ2n) is 7.64. The molecule has 0 unspecified atom stereocenters. The molecule has 7 heteroatoms. The third-order valence-electron chi connectivity index (χ3n) is 5.66. The summed E-state index contributed by atoms with van der Waals surface area (Å²) in [6.07, 6.45) is 5.28. The third-order valence-corrected chi connectivity index (χ3v) is 5.98. The van der Waals surface area contributed by atoms with Gasteiger partial charge in [0.05, 0.1) is 22.0 Å². The Morgan fingerprint density at radius 3 is 2.34 bits per heavy atom. The Hall–Kier alpha value is -3.64. The number of rotatable bonds is 4. The van der Waals surface area contributed by atoms with Crippen LogP contribution in [0.25, 0.3) is 16.9 Å². The first kappa shape index (κ1) is 20.3. The van der Waals surface area contributed by atoms with Crippen molar-refractivity contribution >= 4 is 23.2 Å². The van der Waals surface area contributed by atoms with E-state index >= 15 is 0 Å². The van der Waals surface area contributed by atoms with Gasteiger partial charge in [-0.3, -0.25) is 9.78 Å². The van der Waals surface area contributed by atoms with Crippen molar-refractivity contribution in [2.45, 2.75) is 0 Å². The molecule has 2 aromatic heterocycles. The maximum Gasteiger partial charge on any atom is 0.257 e. The van der Waals surface area contributed by atoms with E-state index in [2.05, 4.69) is 9.88 Å². The lowest BCUT2D eigenvalue weighted by atomic mass is 10.1. The van der Waals surface area contributed by atoms with Crippen LogP contribution in [0.3, 0.4) is 0 Å². The first-order valence-corrected chi connectivity index (χ1v) is 10.9. The van der Waals surface area contributed by atoms with Crippen molar-refractivity contribution in [1.29, 1.82) is 0 Å². The zero-order valence-corrected chi connectivity index (χ0v) is 18.2. The number of carbonyl (C=O) groups is 1. The van der Waals surface area contributed by atoms with Crippen LogP contribution in [0.2, 0.25) is 5.02 Å². The SMILES string of the molecule is O=C(c1cn(-c2ccccc2)nc1-c1cccnc1)N1CCN(c2ccccc2Cl)CC1. The number of hydrogen-bond donors (Lipinski definition) is 0. The van der Waals surface area contributed by atoms with Gasteiger partial charge in [0.25, 0.3) is 5.91 Å². The van der Waals surface area contributed by atoms with E-state index < -0.39 is 0 Å². The minimum atomic E-state index is -0.0233. The van der Waals surface area contributed by atoms with Crippen molar-refractivity contribution in [1.82, 2.24) is 19.7 Å². The van der Waals surface area contributed by atoms with Crippen molar-refractivity contribution in [2.75, 3.05) is 31.1 Å². The van der Waals surface area contributed by atoms with E-state index in [1.54, 1.807) is 17.1 Å². The van der Waals surface area contributed by atoms with Crippen LogP contribution in [0.1, 0.15) is 10.4 Å². The number of anilines is 1. The molecule has 1 fully saturated rings. The molecule has 0 spiro atoms. The molecule has 5 rings (SSSR count). The van der Waals surface area contributed by atoms with Gasteiger partial charge in [0.1, 0.15) is 5.69 Å². The molecular weight excluding hydrogens is 422 g/mol. The topological polar surface area (TPSA) is 54.3 Å². The van der Waals surface area contributed by atoms with Gasteiger partial charge < -0.3 is 9.80 Å². The standard InChI is InChI=1S/C25H22ClN5O/c26-22-10-4-5-11-23(22)29-13-15-30(16-14-29)25(32)21-18-31(20-8-2-1-3-9-20)28-24(21)19-7-6-12-27-17-19/h1-12,17-18H,13-16H2. The van der Waals surface area contributed by atoms with Crippen LogP contribution in [0.15, 0.2) is 85.3 Å². The monoisotopic (exact) mass is 443 g/mol. The van der Waals surface area contributed by atoms with E-state index in [0.717, 1.165) is 35.1 Å². The van der Waals surface area contributed by atoms with Crippen LogP contribution in [-0.2, 0) is 0 Å². The average molecular weight is 444 g/mol. The summed E-state index contributed by atoms with van der Waals surface area (Å²) in [5.41, 5.74) is 3.95. The second-order valence-corrected chi connectivity index (χ2v) is 8.05. The van der Waals surface area contributed by atoms with E-state index in [0.29, 0.717) is 24.3 Å². The molecule has 1 saturated heterocycles. The van der Waals surface area contributed by atoms with Crippen molar-refractivity contribution in [3.05, 3.63) is 95.9 Å². The van der Waals surface area contributed by atoms with Crippen molar-refractivity contribution in [3.8, 4) is 16.9 Å². The summed E-state index contributed by atoms with van der Waals surface area (Å²) >= 11 is 6.36. The molecule has 1 aliphatic rings. The lowest BCUT2D eigenvalue weighted by Gasteiger charge is -2.36. The summed E-state index contributed by atoms with van der Waals surface area (Å²) in [5, 5.41) is 5.47. The molecule has 0 aliphatic carbocycles. The first-order valence-electron chi connectivity index (χ1n) is 10.5. The predicted molar refractivity (Wildman–Crippen MR) is 126 cm³/mol. The highest BCUT2D eigenvalue weighted by molar-refractivity contribution is 6.33. The lowest BCUT2D eigenvalue weighted by molar-refractivity contribution is 0.0747. The maximum absolute atomic E-state index is 13.6. The van der Waals surface area contributed by atoms with Crippen molar-refractivity contribution in [3.63, 3.8) is 0 Å². The number of nitrogens with zero attached hydrogens (tertiary/aromatic N) is 5. The molecule has 4 aromatic rings. The first-order chi connectivity index (χ1) is 15.7. The molecule has 32 heavy (non-hydrogen) atoms. The largest absolute Gasteiger partial charge is 0.367 e. The Bertz CT molecular complexity index is 1220. The fraction of sp³-hybridized carbons (Fsp3) is 0.160. The highest BCUT2D eigenvalue weighted by Crippen LogP contribution is 2.28. The number of aromatic nitrogens is 3. The molecule has 0 atom stereocenters. The summed E-state index contributed by atoms with van der Waals surface area (Å²) in [5.74, 6) is -0.0233. The Morgan fingerprint density at radius 1 is 0.875 bits per heavy atom. The van der Waals surface area contributed by atoms with Crippen molar-refractivity contribution < 1.29 is 4.79 Å². The summed E-state index contributed by atoms with van der Waals surface area (Å²) in [4.78, 5) is 21.9. The quantitative estimate of drug-likeness (QED) is 0.464. The molecule has 3 heterocycles. The Morgan fingerprint density at radius 2 is 1.62 bits per heavy atom. The molecule has 1 amide bonds. The number of para-hydroxylation sites is 2. The number of benzene rings is 2. The van der Waals surface area contributed by atoms with Gasteiger partial charge in [0.15, 0.2) is 0 Å². The highest BCUT2D eigenvalue weighted by atomic mass is 35.5. The Balaban J connectivity index is 1.42. The van der Waals surface area contributed by atoms with Crippen LogP contribution in [0, 0.1) is 0 Å². The predicted octanol–water partition coefficient (Wildman–Crippen LogP) is 4.55. The minimum Gasteiger partial charge on any atom is -0.367 e. The normalized spacial score (nSPS) is 13.9. The number of carbonyl (C=O) groups excluding carboxylic acids is 1. The van der Waals surface area contributed by atoms with E-state index in [4.69, 9.17) is 16.7 Å². The number of pyridine rings is 1. The van der Waals surface area contributed by atoms with Crippen LogP contribution in [0.4, 0.5) is 5.69 Å². The molecule has 0 N–H and O–H groups in total. The summed E-state index contributed by atoms with van der Waals surface area (Å²) in [6.45, 7) is 2.69. The molecule has 2 aromatic carbocycles. The fourth-order valence-electron chi connectivity index (χ4n) is 3.99. The fourth-order valence-corrected chi connectivity index (χ4v) is 4.24. The zero-order chi connectivity index (χ0) is 21.9. The lowest BCUT2D eigenvalue weighted by Crippen LogP contribution is -2.48. The van der Waals surface area contributed by atoms with Crippen LogP contribution < -0.4 is 4.90 Å². The average Bonchev–Trinajstić information content (AvgIpc) is 3.31. The van der Waals surface area contributed by atoms with Crippen molar-refractivity contribution in [2.24, 2.45) is 0 Å². The minimum absolute atomic E-state index is 0.0233. The number of halogens is 1. The summed E-state index contributed by atoms with van der Waals surface area (Å²) in [7, 11) is 0. The van der Waals surface area contributed by atoms with Crippen LogP contribution >= 0.6 is 11.6 Å². The van der Waals surface area contributed by atoms with Gasteiger partial charge in [-0.25, -0.2) is 4.68 Å². The Labute approximate surface area is 191 Å². The van der Waals surface area contributed by atoms with Crippen LogP contribution in [-0.4, -0.2) is 51.8 Å². The Kier molecular flexibility index (Phi) is 5.60. The third kappa shape index (κ3) is 3.97. The summed E-state index contributed by atoms with van der Waals surface area (Å²) < 4.78 is 1.76. The van der Waals surface area contributed by atoms with E-state index in [9.17, 15) is 4.79 Å². The van der Waals surface area contributed by atoms with Gasteiger partial charge in [-0.15, -0.1) is 0 Å². The second kappa shape index (κ2) is 8.85.